The molecule has 0 spiro atoms. The SMILES string of the molecule is CC(OC(=O)Nc1cnoc1-c1ccc(-c2ccc(CC(=O)O)cc2)c2c1NCCC2)c1ccccc1Cl. The number of hydrogen-bond acceptors (Lipinski definition) is 6. The number of carboxylic acid groups (broad SMARTS) is 1. The van der Waals surface area contributed by atoms with Gasteiger partial charge in [-0.1, -0.05) is 65.3 Å². The lowest BCUT2D eigenvalue weighted by Crippen LogP contribution is -2.17. The van der Waals surface area contributed by atoms with Crippen molar-refractivity contribution in [3.05, 3.63) is 88.6 Å². The summed E-state index contributed by atoms with van der Waals surface area (Å²) in [4.78, 5) is 23.7. The van der Waals surface area contributed by atoms with Gasteiger partial charge in [-0.05, 0) is 54.2 Å². The van der Waals surface area contributed by atoms with Crippen molar-refractivity contribution in [2.45, 2.75) is 32.3 Å². The van der Waals surface area contributed by atoms with E-state index in [0.717, 1.165) is 52.9 Å². The van der Waals surface area contributed by atoms with Crippen molar-refractivity contribution in [2.24, 2.45) is 0 Å². The van der Waals surface area contributed by atoms with Crippen LogP contribution in [0.2, 0.25) is 5.02 Å². The van der Waals surface area contributed by atoms with E-state index in [4.69, 9.17) is 26.0 Å². The lowest BCUT2D eigenvalue weighted by molar-refractivity contribution is -0.136. The molecule has 0 aliphatic carbocycles. The molecule has 0 saturated carbocycles. The van der Waals surface area contributed by atoms with E-state index in [2.05, 4.69) is 15.8 Å². The van der Waals surface area contributed by atoms with Gasteiger partial charge in [0.15, 0.2) is 5.76 Å². The number of halogens is 1. The zero-order valence-electron chi connectivity index (χ0n) is 20.7. The van der Waals surface area contributed by atoms with Gasteiger partial charge in [-0.2, -0.15) is 0 Å². The molecule has 0 bridgehead atoms. The molecule has 1 atom stereocenters. The number of amides is 1. The first-order valence-corrected chi connectivity index (χ1v) is 12.7. The lowest BCUT2D eigenvalue weighted by Gasteiger charge is -2.24. The second-order valence-electron chi connectivity index (χ2n) is 9.07. The number of anilines is 2. The summed E-state index contributed by atoms with van der Waals surface area (Å²) in [5.74, 6) is -0.441. The summed E-state index contributed by atoms with van der Waals surface area (Å²) < 4.78 is 11.1. The molecule has 194 valence electrons. The molecule has 0 saturated heterocycles. The molecule has 0 fully saturated rings. The number of nitrogens with one attached hydrogen (secondary N) is 2. The average molecular weight is 532 g/mol. The standard InChI is InChI=1S/C29H26ClN3O5/c1-17(20-5-2-3-7-24(20)30)37-29(36)33-25-16-32-38-28(25)23-13-12-21(22-6-4-14-31-27(22)23)19-10-8-18(9-11-19)15-26(34)35/h2-3,5,7-13,16-17,31H,4,6,14-15H2,1H3,(H,33,36)(H,34,35). The van der Waals surface area contributed by atoms with Crippen molar-refractivity contribution < 1.29 is 24.0 Å². The Hall–Kier alpha value is -4.30. The Morgan fingerprint density at radius 3 is 2.66 bits per heavy atom. The minimum atomic E-state index is -0.859. The Kier molecular flexibility index (Phi) is 7.33. The minimum absolute atomic E-state index is 0.0141. The van der Waals surface area contributed by atoms with Crippen LogP contribution in [0.3, 0.4) is 0 Å². The van der Waals surface area contributed by atoms with Crippen molar-refractivity contribution in [1.82, 2.24) is 5.16 Å². The van der Waals surface area contributed by atoms with Crippen LogP contribution in [0.25, 0.3) is 22.5 Å². The lowest BCUT2D eigenvalue weighted by atomic mass is 9.89. The smallest absolute Gasteiger partial charge is 0.412 e. The van der Waals surface area contributed by atoms with Crippen LogP contribution in [0, 0.1) is 0 Å². The molecular weight excluding hydrogens is 506 g/mol. The van der Waals surface area contributed by atoms with Crippen molar-refractivity contribution in [1.29, 1.82) is 0 Å². The normalized spacial score (nSPS) is 13.2. The van der Waals surface area contributed by atoms with E-state index in [1.54, 1.807) is 13.0 Å². The number of carbonyl (C=O) groups excluding carboxylic acids is 1. The number of nitrogens with zero attached hydrogens (tertiary/aromatic N) is 1. The fraction of sp³-hybridized carbons (Fsp3) is 0.207. The fourth-order valence-corrected chi connectivity index (χ4v) is 5.00. The highest BCUT2D eigenvalue weighted by Gasteiger charge is 2.24. The maximum Gasteiger partial charge on any atom is 0.412 e. The molecule has 9 heteroatoms. The second kappa shape index (κ2) is 11.0. The number of aromatic nitrogens is 1. The quantitative estimate of drug-likeness (QED) is 0.236. The molecule has 5 rings (SSSR count). The van der Waals surface area contributed by atoms with Crippen LogP contribution < -0.4 is 10.6 Å². The van der Waals surface area contributed by atoms with E-state index in [9.17, 15) is 9.59 Å². The van der Waals surface area contributed by atoms with Crippen LogP contribution in [-0.2, 0) is 22.4 Å². The molecule has 1 amide bonds. The summed E-state index contributed by atoms with van der Waals surface area (Å²) in [5, 5.41) is 19.7. The molecule has 1 aliphatic heterocycles. The highest BCUT2D eigenvalue weighted by molar-refractivity contribution is 6.31. The highest BCUT2D eigenvalue weighted by Crippen LogP contribution is 2.42. The summed E-state index contributed by atoms with van der Waals surface area (Å²) in [7, 11) is 0. The van der Waals surface area contributed by atoms with E-state index >= 15 is 0 Å². The van der Waals surface area contributed by atoms with Crippen LogP contribution in [-0.4, -0.2) is 28.9 Å². The van der Waals surface area contributed by atoms with Crippen LogP contribution in [0.5, 0.6) is 0 Å². The number of fused-ring (bicyclic) bond motifs is 1. The van der Waals surface area contributed by atoms with Gasteiger partial charge in [0.1, 0.15) is 11.8 Å². The zero-order chi connectivity index (χ0) is 26.6. The predicted octanol–water partition coefficient (Wildman–Crippen LogP) is 6.96. The van der Waals surface area contributed by atoms with E-state index in [0.29, 0.717) is 22.0 Å². The third kappa shape index (κ3) is 5.35. The summed E-state index contributed by atoms with van der Waals surface area (Å²) in [5.41, 5.74) is 6.72. The molecule has 3 aromatic carbocycles. The highest BCUT2D eigenvalue weighted by atomic mass is 35.5. The van der Waals surface area contributed by atoms with E-state index in [1.807, 2.05) is 54.6 Å². The number of benzene rings is 3. The number of aliphatic carboxylic acids is 1. The van der Waals surface area contributed by atoms with Gasteiger partial charge in [-0.3, -0.25) is 10.1 Å². The largest absolute Gasteiger partial charge is 0.481 e. The van der Waals surface area contributed by atoms with E-state index in [1.165, 1.54) is 6.20 Å². The summed E-state index contributed by atoms with van der Waals surface area (Å²) in [6, 6.07) is 18.7. The maximum atomic E-state index is 12.7. The van der Waals surface area contributed by atoms with Crippen LogP contribution in [0.15, 0.2) is 71.4 Å². The van der Waals surface area contributed by atoms with Gasteiger partial charge in [0.25, 0.3) is 0 Å². The molecular formula is C29H26ClN3O5. The van der Waals surface area contributed by atoms with Gasteiger partial charge >= 0.3 is 12.1 Å². The first kappa shape index (κ1) is 25.4. The van der Waals surface area contributed by atoms with Crippen molar-refractivity contribution in [3.63, 3.8) is 0 Å². The van der Waals surface area contributed by atoms with Gasteiger partial charge in [0.2, 0.25) is 0 Å². The third-order valence-corrected chi connectivity index (χ3v) is 6.86. The Morgan fingerprint density at radius 1 is 1.13 bits per heavy atom. The van der Waals surface area contributed by atoms with Crippen molar-refractivity contribution in [2.75, 3.05) is 17.2 Å². The number of hydrogen-bond donors (Lipinski definition) is 3. The van der Waals surface area contributed by atoms with Gasteiger partial charge < -0.3 is 19.7 Å². The molecule has 1 aromatic heterocycles. The monoisotopic (exact) mass is 531 g/mol. The molecule has 1 aliphatic rings. The van der Waals surface area contributed by atoms with Gasteiger partial charge in [-0.15, -0.1) is 0 Å². The molecule has 8 nitrogen and oxygen atoms in total. The number of ether oxygens (including phenoxy) is 1. The Morgan fingerprint density at radius 2 is 1.89 bits per heavy atom. The number of rotatable bonds is 7. The van der Waals surface area contributed by atoms with E-state index < -0.39 is 18.2 Å². The molecule has 1 unspecified atom stereocenters. The number of carbonyl (C=O) groups is 2. The van der Waals surface area contributed by atoms with Crippen LogP contribution >= 0.6 is 11.6 Å². The van der Waals surface area contributed by atoms with Crippen LogP contribution in [0.4, 0.5) is 16.2 Å². The molecule has 2 heterocycles. The summed E-state index contributed by atoms with van der Waals surface area (Å²) in [6.45, 7) is 2.55. The van der Waals surface area contributed by atoms with Crippen molar-refractivity contribution in [3.8, 4) is 22.5 Å². The van der Waals surface area contributed by atoms with Gasteiger partial charge in [0.05, 0.1) is 12.6 Å². The maximum absolute atomic E-state index is 12.7. The molecule has 38 heavy (non-hydrogen) atoms. The summed E-state index contributed by atoms with van der Waals surface area (Å²) >= 11 is 6.24. The van der Waals surface area contributed by atoms with Gasteiger partial charge in [0, 0.05) is 28.4 Å². The Balaban J connectivity index is 1.40. The topological polar surface area (TPSA) is 114 Å². The predicted molar refractivity (Wildman–Crippen MR) is 145 cm³/mol. The second-order valence-corrected chi connectivity index (χ2v) is 9.48. The Labute approximate surface area is 224 Å². The summed E-state index contributed by atoms with van der Waals surface area (Å²) in [6.07, 6.45) is 2.05. The first-order chi connectivity index (χ1) is 18.4. The first-order valence-electron chi connectivity index (χ1n) is 12.3. The number of carboxylic acids is 1. The zero-order valence-corrected chi connectivity index (χ0v) is 21.4. The third-order valence-electron chi connectivity index (χ3n) is 6.52. The van der Waals surface area contributed by atoms with E-state index in [-0.39, 0.29) is 6.42 Å². The average Bonchev–Trinajstić information content (AvgIpc) is 3.36. The molecule has 3 N–H and O–H groups in total. The Bertz CT molecular complexity index is 1480. The van der Waals surface area contributed by atoms with Crippen molar-refractivity contribution >= 4 is 35.0 Å². The minimum Gasteiger partial charge on any atom is -0.481 e. The fourth-order valence-electron chi connectivity index (χ4n) is 4.72. The van der Waals surface area contributed by atoms with Crippen LogP contribution in [0.1, 0.15) is 36.1 Å². The molecule has 0 radical (unpaired) electrons. The molecule has 4 aromatic rings. The van der Waals surface area contributed by atoms with Gasteiger partial charge in [-0.25, -0.2) is 4.79 Å².